The minimum atomic E-state index is -0.366. The highest BCUT2D eigenvalue weighted by Gasteiger charge is 2.28. The number of amides is 1. The summed E-state index contributed by atoms with van der Waals surface area (Å²) >= 11 is 0. The van der Waals surface area contributed by atoms with Crippen LogP contribution >= 0.6 is 0 Å². The summed E-state index contributed by atoms with van der Waals surface area (Å²) in [5, 5.41) is 0. The number of ketones is 1. The van der Waals surface area contributed by atoms with Crippen LogP contribution in [0.25, 0.3) is 4.85 Å². The first kappa shape index (κ1) is 24.3. The van der Waals surface area contributed by atoms with Crippen molar-refractivity contribution >= 4 is 17.4 Å². The summed E-state index contributed by atoms with van der Waals surface area (Å²) < 4.78 is 14.5. The van der Waals surface area contributed by atoms with Crippen molar-refractivity contribution in [1.29, 1.82) is 0 Å². The molecule has 0 spiro atoms. The van der Waals surface area contributed by atoms with E-state index < -0.39 is 0 Å². The molecule has 1 aliphatic rings. The van der Waals surface area contributed by atoms with Gasteiger partial charge in [-0.2, -0.15) is 0 Å². The average molecular weight is 470 g/mol. The van der Waals surface area contributed by atoms with Crippen LogP contribution in [0.4, 0.5) is 10.1 Å². The van der Waals surface area contributed by atoms with Crippen molar-refractivity contribution in [2.24, 2.45) is 0 Å². The lowest BCUT2D eigenvalue weighted by molar-refractivity contribution is 0.0475. The van der Waals surface area contributed by atoms with Crippen molar-refractivity contribution in [3.05, 3.63) is 112 Å². The molecule has 0 unspecified atom stereocenters. The highest BCUT2D eigenvalue weighted by Crippen LogP contribution is 2.23. The van der Waals surface area contributed by atoms with Gasteiger partial charge in [-0.25, -0.2) is 9.24 Å². The summed E-state index contributed by atoms with van der Waals surface area (Å²) in [5.74, 6) is -0.478. The van der Waals surface area contributed by atoms with Crippen LogP contribution in [0.2, 0.25) is 0 Å². The summed E-state index contributed by atoms with van der Waals surface area (Å²) in [6.07, 6.45) is 0.0772. The summed E-state index contributed by atoms with van der Waals surface area (Å²) in [4.78, 5) is 33.2. The Morgan fingerprint density at radius 1 is 1.00 bits per heavy atom. The number of carbonyl (C=O) groups is 2. The maximum Gasteiger partial charge on any atom is 0.254 e. The first-order valence-corrected chi connectivity index (χ1v) is 11.7. The number of benzene rings is 3. The number of hydrogen-bond donors (Lipinski definition) is 0. The predicted molar refractivity (Wildman–Crippen MR) is 134 cm³/mol. The van der Waals surface area contributed by atoms with Gasteiger partial charge in [0.05, 0.1) is 6.57 Å². The number of nitrogens with zero attached hydrogens (tertiary/aromatic N) is 3. The fourth-order valence-electron chi connectivity index (χ4n) is 4.63. The Labute approximate surface area is 205 Å². The normalized spacial score (nSPS) is 16.1. The second-order valence-electron chi connectivity index (χ2n) is 9.06. The first-order chi connectivity index (χ1) is 16.9. The zero-order valence-corrected chi connectivity index (χ0v) is 20.0. The Morgan fingerprint density at radius 2 is 1.71 bits per heavy atom. The van der Waals surface area contributed by atoms with E-state index in [1.54, 1.807) is 24.3 Å². The number of halogens is 1. The van der Waals surface area contributed by atoms with E-state index in [1.807, 2.05) is 49.1 Å². The molecule has 0 aromatic heterocycles. The van der Waals surface area contributed by atoms with Gasteiger partial charge in [-0.1, -0.05) is 36.4 Å². The van der Waals surface area contributed by atoms with Crippen LogP contribution in [-0.2, 0) is 13.0 Å². The predicted octanol–water partition coefficient (Wildman–Crippen LogP) is 5.46. The van der Waals surface area contributed by atoms with Crippen molar-refractivity contribution in [1.82, 2.24) is 9.80 Å². The van der Waals surface area contributed by atoms with Gasteiger partial charge in [0.2, 0.25) is 0 Å². The molecule has 1 atom stereocenters. The molecule has 0 aliphatic carbocycles. The molecule has 3 aromatic carbocycles. The Bertz CT molecular complexity index is 1280. The SMILES string of the molecule is [C-]#[N+]c1cccc(C(=O)Cc2cc(F)cc(CN3CCN(C(=O)c4ccccc4)[C@@H](C)C3)c2C)c1. The number of carbonyl (C=O) groups excluding carboxylic acids is 2. The molecule has 0 bridgehead atoms. The van der Waals surface area contributed by atoms with Crippen molar-refractivity contribution in [3.8, 4) is 0 Å². The van der Waals surface area contributed by atoms with Gasteiger partial charge >= 0.3 is 0 Å². The number of rotatable bonds is 6. The van der Waals surface area contributed by atoms with Crippen molar-refractivity contribution in [2.75, 3.05) is 19.6 Å². The van der Waals surface area contributed by atoms with Crippen LogP contribution in [0.3, 0.4) is 0 Å². The zero-order chi connectivity index (χ0) is 24.9. The van der Waals surface area contributed by atoms with Gasteiger partial charge in [0.25, 0.3) is 5.91 Å². The maximum atomic E-state index is 14.5. The van der Waals surface area contributed by atoms with Gasteiger partial charge in [-0.3, -0.25) is 14.5 Å². The molecule has 6 heteroatoms. The molecule has 0 saturated carbocycles. The Balaban J connectivity index is 1.45. The molecule has 0 N–H and O–H groups in total. The van der Waals surface area contributed by atoms with Gasteiger partial charge in [0, 0.05) is 49.8 Å². The van der Waals surface area contributed by atoms with E-state index in [-0.39, 0.29) is 30.0 Å². The number of piperazine rings is 1. The van der Waals surface area contributed by atoms with Crippen LogP contribution in [0.1, 0.15) is 44.3 Å². The lowest BCUT2D eigenvalue weighted by Crippen LogP contribution is -2.53. The van der Waals surface area contributed by atoms with Crippen LogP contribution < -0.4 is 0 Å². The summed E-state index contributed by atoms with van der Waals surface area (Å²) in [6, 6.07) is 18.9. The van der Waals surface area contributed by atoms with E-state index >= 15 is 0 Å². The lowest BCUT2D eigenvalue weighted by Gasteiger charge is -2.40. The summed E-state index contributed by atoms with van der Waals surface area (Å²) in [7, 11) is 0. The quantitative estimate of drug-likeness (QED) is 0.356. The third-order valence-electron chi connectivity index (χ3n) is 6.62. The van der Waals surface area contributed by atoms with Crippen LogP contribution in [0.15, 0.2) is 66.7 Å². The van der Waals surface area contributed by atoms with Gasteiger partial charge < -0.3 is 4.90 Å². The third kappa shape index (κ3) is 5.64. The Kier molecular flexibility index (Phi) is 7.38. The largest absolute Gasteiger partial charge is 0.333 e. The van der Waals surface area contributed by atoms with Crippen molar-refractivity contribution < 1.29 is 14.0 Å². The second-order valence-corrected chi connectivity index (χ2v) is 9.06. The maximum absolute atomic E-state index is 14.5. The summed E-state index contributed by atoms with van der Waals surface area (Å²) in [5.41, 5.74) is 3.95. The smallest absolute Gasteiger partial charge is 0.254 e. The molecule has 1 amide bonds. The molecule has 178 valence electrons. The van der Waals surface area contributed by atoms with Crippen LogP contribution in [-0.4, -0.2) is 47.2 Å². The molecule has 4 rings (SSSR count). The molecule has 0 radical (unpaired) electrons. The number of hydrogen-bond acceptors (Lipinski definition) is 3. The summed E-state index contributed by atoms with van der Waals surface area (Å²) in [6.45, 7) is 13.6. The molecule has 1 fully saturated rings. The average Bonchev–Trinajstić information content (AvgIpc) is 2.87. The molecule has 1 saturated heterocycles. The van der Waals surface area contributed by atoms with Crippen LogP contribution in [0, 0.1) is 19.3 Å². The topological polar surface area (TPSA) is 45.0 Å². The van der Waals surface area contributed by atoms with Gasteiger partial charge in [-0.15, -0.1) is 0 Å². The molecular weight excluding hydrogens is 441 g/mol. The van der Waals surface area contributed by atoms with Gasteiger partial charge in [0.15, 0.2) is 11.5 Å². The molecule has 35 heavy (non-hydrogen) atoms. The van der Waals surface area contributed by atoms with Crippen molar-refractivity contribution in [3.63, 3.8) is 0 Å². The third-order valence-corrected chi connectivity index (χ3v) is 6.62. The molecule has 1 heterocycles. The standard InChI is InChI=1S/C29H28FN3O2/c1-20-18-32(12-13-33(20)29(35)22-8-5-4-6-9-22)19-25-15-26(30)14-24(21(25)2)17-28(34)23-10-7-11-27(16-23)31-3/h4-11,14-16,20H,12-13,17-19H2,1-2H3/t20-/m0/s1. The van der Waals surface area contributed by atoms with E-state index in [9.17, 15) is 14.0 Å². The second kappa shape index (κ2) is 10.6. The fourth-order valence-corrected chi connectivity index (χ4v) is 4.63. The van der Waals surface area contributed by atoms with Gasteiger partial charge in [0.1, 0.15) is 5.82 Å². The highest BCUT2D eigenvalue weighted by molar-refractivity contribution is 5.98. The van der Waals surface area contributed by atoms with E-state index in [0.717, 1.165) is 11.1 Å². The Hall–Kier alpha value is -3.82. The van der Waals surface area contributed by atoms with E-state index in [1.165, 1.54) is 12.1 Å². The first-order valence-electron chi connectivity index (χ1n) is 11.7. The number of Topliss-reactive ketones (excluding diaryl/α,β-unsaturated/α-hetero) is 1. The lowest BCUT2D eigenvalue weighted by atomic mass is 9.95. The van der Waals surface area contributed by atoms with E-state index in [0.29, 0.717) is 48.6 Å². The fraction of sp³-hybridized carbons (Fsp3) is 0.276. The monoisotopic (exact) mass is 469 g/mol. The molecule has 5 nitrogen and oxygen atoms in total. The molecule has 3 aromatic rings. The minimum Gasteiger partial charge on any atom is -0.333 e. The highest BCUT2D eigenvalue weighted by atomic mass is 19.1. The Morgan fingerprint density at radius 3 is 2.43 bits per heavy atom. The van der Waals surface area contributed by atoms with Crippen molar-refractivity contribution in [2.45, 2.75) is 32.9 Å². The zero-order valence-electron chi connectivity index (χ0n) is 20.0. The molecule has 1 aliphatic heterocycles. The van der Waals surface area contributed by atoms with Crippen LogP contribution in [0.5, 0.6) is 0 Å². The molecular formula is C29H28FN3O2. The van der Waals surface area contributed by atoms with E-state index in [2.05, 4.69) is 9.74 Å². The van der Waals surface area contributed by atoms with E-state index in [4.69, 9.17) is 6.57 Å². The van der Waals surface area contributed by atoms with Gasteiger partial charge in [-0.05, 0) is 60.9 Å². The minimum absolute atomic E-state index is 0.0288.